The summed E-state index contributed by atoms with van der Waals surface area (Å²) in [6.07, 6.45) is 2.95. The van der Waals surface area contributed by atoms with Gasteiger partial charge in [-0.3, -0.25) is 0 Å². The molecule has 0 radical (unpaired) electrons. The average Bonchev–Trinajstić information content (AvgIpc) is 2.89. The van der Waals surface area contributed by atoms with E-state index in [1.807, 2.05) is 6.07 Å². The average molecular weight is 264 g/mol. The largest absolute Gasteiger partial charge is 0.508 e. The standard InChI is InChI=1S/C14H20N2O3/c17-12-4-1-3-11(9-12)6-7-15-14(18)16-10-13-5-2-8-19-13/h1,3-4,9,13,17H,2,5-8,10H2,(H2,15,16,18). The van der Waals surface area contributed by atoms with E-state index in [-0.39, 0.29) is 17.9 Å². The number of carbonyl (C=O) groups excluding carboxylic acids is 1. The number of hydrogen-bond donors (Lipinski definition) is 3. The minimum atomic E-state index is -0.171. The maximum absolute atomic E-state index is 11.5. The van der Waals surface area contributed by atoms with Crippen LogP contribution in [0.4, 0.5) is 4.79 Å². The van der Waals surface area contributed by atoms with Crippen molar-refractivity contribution in [2.75, 3.05) is 19.7 Å². The van der Waals surface area contributed by atoms with Crippen molar-refractivity contribution >= 4 is 6.03 Å². The van der Waals surface area contributed by atoms with E-state index in [1.165, 1.54) is 0 Å². The lowest BCUT2D eigenvalue weighted by Gasteiger charge is -2.11. The maximum atomic E-state index is 11.5. The molecule has 1 heterocycles. The molecule has 3 N–H and O–H groups in total. The SMILES string of the molecule is O=C(NCCc1cccc(O)c1)NCC1CCCO1. The van der Waals surface area contributed by atoms with Crippen LogP contribution in [-0.2, 0) is 11.2 Å². The second-order valence-electron chi connectivity index (χ2n) is 4.69. The van der Waals surface area contributed by atoms with Gasteiger partial charge in [0.1, 0.15) is 5.75 Å². The predicted molar refractivity (Wildman–Crippen MR) is 72.2 cm³/mol. The van der Waals surface area contributed by atoms with Gasteiger partial charge in [-0.05, 0) is 37.0 Å². The van der Waals surface area contributed by atoms with Gasteiger partial charge in [0.2, 0.25) is 0 Å². The van der Waals surface area contributed by atoms with E-state index in [0.717, 1.165) is 25.0 Å². The van der Waals surface area contributed by atoms with Crippen molar-refractivity contribution in [1.82, 2.24) is 10.6 Å². The van der Waals surface area contributed by atoms with Gasteiger partial charge in [0.25, 0.3) is 0 Å². The van der Waals surface area contributed by atoms with E-state index < -0.39 is 0 Å². The monoisotopic (exact) mass is 264 g/mol. The Labute approximate surface area is 113 Å². The molecule has 1 aliphatic heterocycles. The minimum absolute atomic E-state index is 0.164. The highest BCUT2D eigenvalue weighted by atomic mass is 16.5. The summed E-state index contributed by atoms with van der Waals surface area (Å²) < 4.78 is 5.42. The maximum Gasteiger partial charge on any atom is 0.314 e. The molecule has 0 spiro atoms. The lowest BCUT2D eigenvalue weighted by molar-refractivity contribution is 0.111. The fourth-order valence-corrected chi connectivity index (χ4v) is 2.11. The number of urea groups is 1. The number of amides is 2. The molecule has 0 aromatic heterocycles. The van der Waals surface area contributed by atoms with Crippen LogP contribution in [0.2, 0.25) is 0 Å². The van der Waals surface area contributed by atoms with E-state index in [4.69, 9.17) is 4.74 Å². The lowest BCUT2D eigenvalue weighted by Crippen LogP contribution is -2.40. The first kappa shape index (κ1) is 13.7. The highest BCUT2D eigenvalue weighted by Crippen LogP contribution is 2.11. The zero-order chi connectivity index (χ0) is 13.5. The quantitative estimate of drug-likeness (QED) is 0.753. The fraction of sp³-hybridized carbons (Fsp3) is 0.500. The fourth-order valence-electron chi connectivity index (χ4n) is 2.11. The zero-order valence-corrected chi connectivity index (χ0v) is 10.9. The molecule has 5 heteroatoms. The number of carbonyl (C=O) groups is 1. The van der Waals surface area contributed by atoms with Crippen molar-refractivity contribution in [3.05, 3.63) is 29.8 Å². The Bertz CT molecular complexity index is 417. The molecule has 1 aliphatic rings. The molecule has 2 amide bonds. The number of phenols is 1. The highest BCUT2D eigenvalue weighted by Gasteiger charge is 2.15. The summed E-state index contributed by atoms with van der Waals surface area (Å²) in [6.45, 7) is 1.91. The molecule has 5 nitrogen and oxygen atoms in total. The van der Waals surface area contributed by atoms with Crippen LogP contribution in [0, 0.1) is 0 Å². The Morgan fingerprint density at radius 2 is 2.32 bits per heavy atom. The van der Waals surface area contributed by atoms with Crippen LogP contribution in [0.25, 0.3) is 0 Å². The van der Waals surface area contributed by atoms with Crippen molar-refractivity contribution in [1.29, 1.82) is 0 Å². The van der Waals surface area contributed by atoms with E-state index in [1.54, 1.807) is 18.2 Å². The molecule has 0 saturated carbocycles. The van der Waals surface area contributed by atoms with Crippen LogP contribution in [-0.4, -0.2) is 36.9 Å². The van der Waals surface area contributed by atoms with E-state index >= 15 is 0 Å². The van der Waals surface area contributed by atoms with Gasteiger partial charge in [-0.2, -0.15) is 0 Å². The third-order valence-electron chi connectivity index (χ3n) is 3.12. The molecule has 2 rings (SSSR count). The summed E-state index contributed by atoms with van der Waals surface area (Å²) >= 11 is 0. The van der Waals surface area contributed by atoms with Gasteiger partial charge in [-0.25, -0.2) is 4.79 Å². The number of hydrogen-bond acceptors (Lipinski definition) is 3. The van der Waals surface area contributed by atoms with E-state index in [2.05, 4.69) is 10.6 Å². The number of phenolic OH excluding ortho intramolecular Hbond substituents is 1. The smallest absolute Gasteiger partial charge is 0.314 e. The molecular formula is C14H20N2O3. The normalized spacial score (nSPS) is 18.2. The van der Waals surface area contributed by atoms with Gasteiger partial charge in [-0.15, -0.1) is 0 Å². The van der Waals surface area contributed by atoms with Crippen molar-refractivity contribution in [3.63, 3.8) is 0 Å². The van der Waals surface area contributed by atoms with Gasteiger partial charge in [0.15, 0.2) is 0 Å². The van der Waals surface area contributed by atoms with Crippen LogP contribution >= 0.6 is 0 Å². The topological polar surface area (TPSA) is 70.6 Å². The first-order valence-electron chi connectivity index (χ1n) is 6.65. The van der Waals surface area contributed by atoms with Crippen molar-refractivity contribution in [2.24, 2.45) is 0 Å². The molecular weight excluding hydrogens is 244 g/mol. The molecule has 19 heavy (non-hydrogen) atoms. The van der Waals surface area contributed by atoms with Gasteiger partial charge in [-0.1, -0.05) is 12.1 Å². The van der Waals surface area contributed by atoms with Crippen LogP contribution in [0.1, 0.15) is 18.4 Å². The number of rotatable bonds is 5. The van der Waals surface area contributed by atoms with E-state index in [0.29, 0.717) is 19.5 Å². The highest BCUT2D eigenvalue weighted by molar-refractivity contribution is 5.73. The Morgan fingerprint density at radius 3 is 3.05 bits per heavy atom. The number of benzene rings is 1. The summed E-state index contributed by atoms with van der Waals surface area (Å²) in [5, 5.41) is 14.9. The lowest BCUT2D eigenvalue weighted by atomic mass is 10.1. The second kappa shape index (κ2) is 6.99. The van der Waals surface area contributed by atoms with Gasteiger partial charge in [0.05, 0.1) is 6.10 Å². The molecule has 1 saturated heterocycles. The number of ether oxygens (including phenoxy) is 1. The summed E-state index contributed by atoms with van der Waals surface area (Å²) in [6, 6.07) is 6.88. The van der Waals surface area contributed by atoms with Crippen LogP contribution in [0.5, 0.6) is 5.75 Å². The Morgan fingerprint density at radius 1 is 1.42 bits per heavy atom. The second-order valence-corrected chi connectivity index (χ2v) is 4.69. The molecule has 1 aromatic carbocycles. The van der Waals surface area contributed by atoms with Gasteiger partial charge < -0.3 is 20.5 Å². The first-order valence-corrected chi connectivity index (χ1v) is 6.65. The molecule has 1 aromatic rings. The predicted octanol–water partition coefficient (Wildman–Crippen LogP) is 1.41. The molecule has 0 bridgehead atoms. The number of aromatic hydroxyl groups is 1. The summed E-state index contributed by atoms with van der Waals surface area (Å²) in [4.78, 5) is 11.5. The van der Waals surface area contributed by atoms with Crippen molar-refractivity contribution < 1.29 is 14.6 Å². The summed E-state index contributed by atoms with van der Waals surface area (Å²) in [7, 11) is 0. The minimum Gasteiger partial charge on any atom is -0.508 e. The third-order valence-corrected chi connectivity index (χ3v) is 3.12. The van der Waals surface area contributed by atoms with Crippen LogP contribution in [0.15, 0.2) is 24.3 Å². The summed E-state index contributed by atoms with van der Waals surface area (Å²) in [5.41, 5.74) is 0.999. The molecule has 1 unspecified atom stereocenters. The zero-order valence-electron chi connectivity index (χ0n) is 10.9. The van der Waals surface area contributed by atoms with Crippen LogP contribution < -0.4 is 10.6 Å². The third kappa shape index (κ3) is 4.79. The van der Waals surface area contributed by atoms with Gasteiger partial charge in [0, 0.05) is 19.7 Å². The van der Waals surface area contributed by atoms with Crippen molar-refractivity contribution in [2.45, 2.75) is 25.4 Å². The van der Waals surface area contributed by atoms with Crippen molar-refractivity contribution in [3.8, 4) is 5.75 Å². The molecule has 1 fully saturated rings. The molecule has 0 aliphatic carbocycles. The molecule has 104 valence electrons. The van der Waals surface area contributed by atoms with Gasteiger partial charge >= 0.3 is 6.03 Å². The first-order chi connectivity index (χ1) is 9.24. The Kier molecular flexibility index (Phi) is 5.03. The molecule has 1 atom stereocenters. The van der Waals surface area contributed by atoms with Crippen LogP contribution in [0.3, 0.4) is 0 Å². The Hall–Kier alpha value is -1.75. The van der Waals surface area contributed by atoms with E-state index in [9.17, 15) is 9.90 Å². The number of nitrogens with one attached hydrogen (secondary N) is 2. The Balaban J connectivity index is 1.60. The summed E-state index contributed by atoms with van der Waals surface area (Å²) in [5.74, 6) is 0.250.